The maximum absolute atomic E-state index is 14.5. The van der Waals surface area contributed by atoms with Gasteiger partial charge in [0.25, 0.3) is 0 Å². The first-order valence-electron chi connectivity index (χ1n) is 5.94. The number of hydrogen-bond acceptors (Lipinski definition) is 3. The van der Waals surface area contributed by atoms with Gasteiger partial charge in [-0.1, -0.05) is 18.5 Å². The van der Waals surface area contributed by atoms with Crippen molar-refractivity contribution in [2.75, 3.05) is 6.61 Å². The van der Waals surface area contributed by atoms with Gasteiger partial charge in [-0.3, -0.25) is 0 Å². The lowest BCUT2D eigenvalue weighted by Gasteiger charge is -2.19. The quantitative estimate of drug-likeness (QED) is 0.260. The third kappa shape index (κ3) is 5.17. The Bertz CT molecular complexity index is 530. The van der Waals surface area contributed by atoms with Crippen molar-refractivity contribution in [3.63, 3.8) is 0 Å². The Labute approximate surface area is 155 Å². The van der Waals surface area contributed by atoms with Crippen molar-refractivity contribution < 1.29 is 22.7 Å². The summed E-state index contributed by atoms with van der Waals surface area (Å²) in [6, 6.07) is 1.27. The van der Waals surface area contributed by atoms with Crippen molar-refractivity contribution in [1.82, 2.24) is 0 Å². The van der Waals surface area contributed by atoms with Gasteiger partial charge in [-0.15, -0.1) is 11.8 Å². The fraction of sp³-hybridized carbons (Fsp3) is 0.500. The van der Waals surface area contributed by atoms with E-state index in [0.717, 1.165) is 11.8 Å². The Balaban J connectivity index is 3.24. The topological polar surface area (TPSA) is 20.2 Å². The molecule has 1 N–H and O–H groups in total. The molecule has 0 aromatic heterocycles. The molecule has 10 heteroatoms. The molecule has 0 bridgehead atoms. The lowest BCUT2D eigenvalue weighted by Crippen LogP contribution is -2.20. The molecule has 0 amide bonds. The van der Waals surface area contributed by atoms with E-state index < -0.39 is 21.0 Å². The minimum atomic E-state index is -3.87. The van der Waals surface area contributed by atoms with Crippen LogP contribution in [0.1, 0.15) is 13.3 Å². The van der Waals surface area contributed by atoms with Gasteiger partial charge in [0, 0.05) is 9.72 Å². The smallest absolute Gasteiger partial charge is 0.338 e. The second-order valence-corrected chi connectivity index (χ2v) is 8.64. The Hall–Kier alpha value is 0.850. The van der Waals surface area contributed by atoms with E-state index in [4.69, 9.17) is 11.6 Å². The minimum absolute atomic E-state index is 0.0496. The summed E-state index contributed by atoms with van der Waals surface area (Å²) in [6.45, 7) is 1.61. The Morgan fingerprint density at radius 2 is 2.00 bits per heavy atom. The highest BCUT2D eigenvalue weighted by Crippen LogP contribution is 2.48. The maximum Gasteiger partial charge on any atom is 0.338 e. The van der Waals surface area contributed by atoms with Crippen molar-refractivity contribution in [1.29, 1.82) is 0 Å². The fourth-order valence-electron chi connectivity index (χ4n) is 1.35. The van der Waals surface area contributed by atoms with E-state index in [-0.39, 0.29) is 38.0 Å². The summed E-state index contributed by atoms with van der Waals surface area (Å²) in [4.78, 5) is -0.485. The summed E-state index contributed by atoms with van der Waals surface area (Å²) in [5.74, 6) is -0.964. The molecule has 0 spiro atoms. The van der Waals surface area contributed by atoms with Gasteiger partial charge in [0.05, 0.1) is 21.4 Å². The van der Waals surface area contributed by atoms with Gasteiger partial charge >= 0.3 is 5.25 Å². The fourth-order valence-corrected chi connectivity index (χ4v) is 4.48. The van der Waals surface area contributed by atoms with Crippen LogP contribution in [0, 0.1) is 5.82 Å². The predicted octanol–water partition coefficient (Wildman–Crippen LogP) is 6.48. The number of benzene rings is 1. The van der Waals surface area contributed by atoms with Crippen LogP contribution in [0.2, 0.25) is 5.02 Å². The highest BCUT2D eigenvalue weighted by Gasteiger charge is 2.41. The maximum atomic E-state index is 14.5. The van der Waals surface area contributed by atoms with E-state index >= 15 is 0 Å². The molecule has 0 aliphatic carbocycles. The average Bonchev–Trinajstić information content (AvgIpc) is 2.43. The molecule has 0 fully saturated rings. The van der Waals surface area contributed by atoms with Crippen LogP contribution in [0.15, 0.2) is 20.3 Å². The molecule has 0 radical (unpaired) electrons. The first-order chi connectivity index (χ1) is 10.1. The van der Waals surface area contributed by atoms with Crippen molar-refractivity contribution in [3.05, 3.63) is 21.4 Å². The molecule has 1 nitrogen and oxygen atoms in total. The van der Waals surface area contributed by atoms with Gasteiger partial charge in [0.1, 0.15) is 0 Å². The third-order valence-corrected chi connectivity index (χ3v) is 7.23. The third-order valence-electron chi connectivity index (χ3n) is 2.52. The summed E-state index contributed by atoms with van der Waals surface area (Å²) < 4.78 is 54.6. The molecule has 1 aromatic carbocycles. The summed E-state index contributed by atoms with van der Waals surface area (Å²) in [6.07, 6.45) is 0.558. The zero-order chi connectivity index (χ0) is 17.1. The summed E-state index contributed by atoms with van der Waals surface area (Å²) in [7, 11) is 0. The molecule has 0 heterocycles. The van der Waals surface area contributed by atoms with E-state index in [0.29, 0.717) is 6.42 Å². The molecule has 2 unspecified atom stereocenters. The van der Waals surface area contributed by atoms with Crippen molar-refractivity contribution in [2.24, 2.45) is 0 Å². The van der Waals surface area contributed by atoms with E-state index in [2.05, 4.69) is 31.9 Å². The van der Waals surface area contributed by atoms with E-state index in [1.54, 1.807) is 6.92 Å². The number of alkyl halides is 4. The molecule has 0 aliphatic rings. The largest absolute Gasteiger partial charge is 0.395 e. The van der Waals surface area contributed by atoms with Gasteiger partial charge in [-0.25, -0.2) is 8.78 Å². The van der Waals surface area contributed by atoms with Crippen LogP contribution in [-0.4, -0.2) is 27.3 Å². The zero-order valence-electron chi connectivity index (χ0n) is 11.1. The van der Waals surface area contributed by atoms with E-state index in [9.17, 15) is 22.7 Å². The molecule has 126 valence electrons. The Kier molecular flexibility index (Phi) is 8.36. The normalized spacial score (nSPS) is 15.0. The lowest BCUT2D eigenvalue weighted by molar-refractivity contribution is 0.0602. The van der Waals surface area contributed by atoms with Gasteiger partial charge in [-0.05, 0) is 56.1 Å². The van der Waals surface area contributed by atoms with Crippen LogP contribution in [0.25, 0.3) is 0 Å². The summed E-state index contributed by atoms with van der Waals surface area (Å²) >= 11 is 11.8. The molecule has 0 aliphatic heterocycles. The van der Waals surface area contributed by atoms with Crippen LogP contribution in [-0.2, 0) is 0 Å². The molecule has 1 aromatic rings. The number of rotatable bonds is 7. The van der Waals surface area contributed by atoms with Crippen LogP contribution in [0.5, 0.6) is 0 Å². The van der Waals surface area contributed by atoms with Crippen LogP contribution in [0.3, 0.4) is 0 Å². The van der Waals surface area contributed by atoms with Gasteiger partial charge in [0.15, 0.2) is 5.82 Å². The second kappa shape index (κ2) is 8.80. The Morgan fingerprint density at radius 3 is 2.45 bits per heavy atom. The van der Waals surface area contributed by atoms with E-state index in [1.165, 1.54) is 6.07 Å². The monoisotopic (exact) mass is 504 g/mol. The molecule has 22 heavy (non-hydrogen) atoms. The van der Waals surface area contributed by atoms with Gasteiger partial charge in [0.2, 0.25) is 5.08 Å². The second-order valence-electron chi connectivity index (χ2n) is 4.11. The summed E-state index contributed by atoms with van der Waals surface area (Å²) in [5.41, 5.74) is 0. The highest BCUT2D eigenvalue weighted by atomic mass is 79.9. The molecular weight excluding hydrogens is 496 g/mol. The number of aliphatic hydroxyl groups is 1. The Morgan fingerprint density at radius 1 is 1.41 bits per heavy atom. The van der Waals surface area contributed by atoms with Crippen molar-refractivity contribution in [3.8, 4) is 0 Å². The van der Waals surface area contributed by atoms with Crippen molar-refractivity contribution in [2.45, 2.75) is 38.7 Å². The minimum Gasteiger partial charge on any atom is -0.395 e. The van der Waals surface area contributed by atoms with Crippen molar-refractivity contribution >= 4 is 67.0 Å². The van der Waals surface area contributed by atoms with E-state index in [1.807, 2.05) is 0 Å². The number of hydrogen-bond donors (Lipinski definition) is 1. The molecule has 0 saturated heterocycles. The first-order valence-corrected chi connectivity index (χ1v) is 9.72. The number of aliphatic hydroxyl groups excluding tert-OH is 1. The average molecular weight is 507 g/mol. The molecule has 0 saturated carbocycles. The lowest BCUT2D eigenvalue weighted by atomic mass is 10.3. The number of halogens is 7. The SMILES string of the molecule is CCC(CO)Sc1c(Br)cc(Cl)c(SC(F)(F)C(F)Br)c1F. The molecular formula is C12H11Br2ClF4OS2. The van der Waals surface area contributed by atoms with Crippen LogP contribution >= 0.6 is 67.0 Å². The molecule has 1 rings (SSSR count). The predicted molar refractivity (Wildman–Crippen MR) is 90.8 cm³/mol. The zero-order valence-corrected chi connectivity index (χ0v) is 16.6. The summed E-state index contributed by atoms with van der Waals surface area (Å²) in [5, 5.41) is 2.13. The van der Waals surface area contributed by atoms with Gasteiger partial charge in [-0.2, -0.15) is 8.78 Å². The van der Waals surface area contributed by atoms with Gasteiger partial charge < -0.3 is 5.11 Å². The first kappa shape index (κ1) is 20.9. The molecule has 2 atom stereocenters. The van der Waals surface area contributed by atoms with Crippen LogP contribution in [0.4, 0.5) is 17.6 Å². The highest BCUT2D eigenvalue weighted by molar-refractivity contribution is 9.10. The van der Waals surface area contributed by atoms with Crippen LogP contribution < -0.4 is 0 Å². The number of thioether (sulfide) groups is 2. The standard InChI is InChI=1S/C12H11Br2ClF4OS2/c1-2-5(4-20)21-9-6(13)3-7(15)10(8(9)16)22-12(18,19)11(14)17/h3,5,11,20H,2,4H2,1H3.